The highest BCUT2D eigenvalue weighted by molar-refractivity contribution is 6.01. The molecule has 1 amide bonds. The minimum Gasteiger partial charge on any atom is -0.365 e. The average Bonchev–Trinajstić information content (AvgIpc) is 3.01. The van der Waals surface area contributed by atoms with E-state index in [4.69, 9.17) is 10.7 Å². The van der Waals surface area contributed by atoms with Gasteiger partial charge in [0.25, 0.3) is 5.91 Å². The number of carbonyl (C=O) groups excluding carboxylic acids is 1. The summed E-state index contributed by atoms with van der Waals surface area (Å²) < 4.78 is 0. The fraction of sp³-hybridized carbons (Fsp3) is 0.375. The van der Waals surface area contributed by atoms with E-state index in [1.165, 1.54) is 0 Å². The molecule has 1 fully saturated rings. The molecule has 0 aliphatic carbocycles. The van der Waals surface area contributed by atoms with Crippen molar-refractivity contribution in [1.29, 1.82) is 0 Å². The number of nitrogens with two attached hydrogens (primary N) is 1. The second-order valence-electron chi connectivity index (χ2n) is 5.35. The summed E-state index contributed by atoms with van der Waals surface area (Å²) in [5.41, 5.74) is 6.97. The third kappa shape index (κ3) is 2.56. The number of anilines is 1. The highest BCUT2D eigenvalue weighted by atomic mass is 16.1. The summed E-state index contributed by atoms with van der Waals surface area (Å²) in [6, 6.07) is 10.0. The number of hydrogen-bond donors (Lipinski definition) is 2. The number of fused-ring (bicyclic) bond motifs is 1. The molecule has 110 valence electrons. The van der Waals surface area contributed by atoms with Crippen LogP contribution in [0.4, 0.5) is 5.82 Å². The van der Waals surface area contributed by atoms with E-state index < -0.39 is 5.91 Å². The maximum atomic E-state index is 11.8. The lowest BCUT2D eigenvalue weighted by molar-refractivity contribution is 0.100. The molecule has 3 N–H and O–H groups in total. The topological polar surface area (TPSA) is 71.2 Å². The quantitative estimate of drug-likeness (QED) is 0.893. The molecule has 0 radical (unpaired) electrons. The van der Waals surface area contributed by atoms with Crippen LogP contribution < -0.4 is 16.0 Å². The number of pyridine rings is 1. The van der Waals surface area contributed by atoms with E-state index >= 15 is 0 Å². The Hall–Kier alpha value is -2.14. The van der Waals surface area contributed by atoms with Gasteiger partial charge in [0.1, 0.15) is 5.82 Å². The molecule has 1 aromatic carbocycles. The number of benzene rings is 1. The highest BCUT2D eigenvalue weighted by Gasteiger charge is 2.25. The normalized spacial score (nSPS) is 18.0. The minimum absolute atomic E-state index is 0.363. The van der Waals surface area contributed by atoms with Gasteiger partial charge in [-0.05, 0) is 32.0 Å². The number of hydrogen-bond acceptors (Lipinski definition) is 4. The number of aromatic nitrogens is 1. The maximum Gasteiger partial charge on any atom is 0.252 e. The van der Waals surface area contributed by atoms with Crippen molar-refractivity contribution in [1.82, 2.24) is 10.3 Å². The van der Waals surface area contributed by atoms with Crippen LogP contribution in [0.2, 0.25) is 0 Å². The summed E-state index contributed by atoms with van der Waals surface area (Å²) >= 11 is 0. The minimum atomic E-state index is -0.423. The van der Waals surface area contributed by atoms with Crippen molar-refractivity contribution < 1.29 is 4.79 Å². The van der Waals surface area contributed by atoms with Crippen LogP contribution in [0.3, 0.4) is 0 Å². The monoisotopic (exact) mass is 284 g/mol. The first-order valence-electron chi connectivity index (χ1n) is 7.37. The highest BCUT2D eigenvalue weighted by Crippen LogP contribution is 2.26. The molecule has 3 rings (SSSR count). The summed E-state index contributed by atoms with van der Waals surface area (Å²) in [4.78, 5) is 18.7. The van der Waals surface area contributed by atoms with Crippen LogP contribution in [0.15, 0.2) is 30.3 Å². The molecule has 1 atom stereocenters. The number of nitrogens with zero attached hydrogens (tertiary/aromatic N) is 2. The molecule has 1 saturated heterocycles. The molecule has 0 bridgehead atoms. The Labute approximate surface area is 124 Å². The van der Waals surface area contributed by atoms with E-state index in [9.17, 15) is 4.79 Å². The molecule has 5 heteroatoms. The Morgan fingerprint density at radius 2 is 2.29 bits per heavy atom. The molecular weight excluding hydrogens is 264 g/mol. The van der Waals surface area contributed by atoms with Gasteiger partial charge >= 0.3 is 0 Å². The van der Waals surface area contributed by atoms with E-state index in [1.54, 1.807) is 0 Å². The van der Waals surface area contributed by atoms with Crippen LogP contribution in [-0.4, -0.2) is 36.6 Å². The standard InChI is InChI=1S/C16H20N4O/c1-2-20(12-7-8-18-10-12)16-13(15(17)21)9-11-5-3-4-6-14(11)19-16/h3-6,9,12,18H,2,7-8,10H2,1H3,(H2,17,21). The zero-order valence-corrected chi connectivity index (χ0v) is 12.2. The van der Waals surface area contributed by atoms with Gasteiger partial charge in [-0.25, -0.2) is 4.98 Å². The zero-order valence-electron chi connectivity index (χ0n) is 12.2. The smallest absolute Gasteiger partial charge is 0.252 e. The van der Waals surface area contributed by atoms with E-state index in [0.717, 1.165) is 37.0 Å². The number of rotatable bonds is 4. The summed E-state index contributed by atoms with van der Waals surface area (Å²) in [7, 11) is 0. The third-order valence-electron chi connectivity index (χ3n) is 4.06. The van der Waals surface area contributed by atoms with Gasteiger partial charge in [-0.2, -0.15) is 0 Å². The number of para-hydroxylation sites is 1. The average molecular weight is 284 g/mol. The molecule has 2 aromatic rings. The molecule has 1 unspecified atom stereocenters. The van der Waals surface area contributed by atoms with Gasteiger partial charge in [0.05, 0.1) is 11.1 Å². The number of amides is 1. The van der Waals surface area contributed by atoms with Crippen molar-refractivity contribution in [2.45, 2.75) is 19.4 Å². The zero-order chi connectivity index (χ0) is 14.8. The van der Waals surface area contributed by atoms with Gasteiger partial charge in [0.15, 0.2) is 0 Å². The van der Waals surface area contributed by atoms with Crippen molar-refractivity contribution >= 4 is 22.6 Å². The molecule has 0 spiro atoms. The van der Waals surface area contributed by atoms with E-state index in [-0.39, 0.29) is 0 Å². The van der Waals surface area contributed by atoms with Gasteiger partial charge in [-0.3, -0.25) is 4.79 Å². The van der Waals surface area contributed by atoms with Crippen molar-refractivity contribution in [3.8, 4) is 0 Å². The van der Waals surface area contributed by atoms with Crippen molar-refractivity contribution in [2.24, 2.45) is 5.73 Å². The van der Waals surface area contributed by atoms with Gasteiger partial charge in [0.2, 0.25) is 0 Å². The number of primary amides is 1. The molecule has 21 heavy (non-hydrogen) atoms. The van der Waals surface area contributed by atoms with Crippen molar-refractivity contribution in [3.05, 3.63) is 35.9 Å². The van der Waals surface area contributed by atoms with E-state index in [0.29, 0.717) is 17.4 Å². The summed E-state index contributed by atoms with van der Waals surface area (Å²) in [5, 5.41) is 4.30. The SMILES string of the molecule is CCN(c1nc2ccccc2cc1C(N)=O)C1CCNC1. The number of carbonyl (C=O) groups is 1. The fourth-order valence-electron chi connectivity index (χ4n) is 2.99. The van der Waals surface area contributed by atoms with Gasteiger partial charge in [-0.15, -0.1) is 0 Å². The second kappa shape index (κ2) is 5.69. The Kier molecular flexibility index (Phi) is 3.75. The largest absolute Gasteiger partial charge is 0.365 e. The molecule has 2 heterocycles. The third-order valence-corrected chi connectivity index (χ3v) is 4.06. The molecule has 1 aliphatic heterocycles. The first kappa shape index (κ1) is 13.8. The second-order valence-corrected chi connectivity index (χ2v) is 5.35. The lowest BCUT2D eigenvalue weighted by Gasteiger charge is -2.29. The number of likely N-dealkylation sites (N-methyl/N-ethyl adjacent to an activating group) is 1. The Bertz CT molecular complexity index is 664. The van der Waals surface area contributed by atoms with Crippen LogP contribution in [0.5, 0.6) is 0 Å². The lowest BCUT2D eigenvalue weighted by atomic mass is 10.1. The molecule has 5 nitrogen and oxygen atoms in total. The van der Waals surface area contributed by atoms with E-state index in [1.807, 2.05) is 30.3 Å². The lowest BCUT2D eigenvalue weighted by Crippen LogP contribution is -2.38. The van der Waals surface area contributed by atoms with Gasteiger partial charge in [0, 0.05) is 24.5 Å². The van der Waals surface area contributed by atoms with Gasteiger partial charge < -0.3 is 16.0 Å². The van der Waals surface area contributed by atoms with Crippen LogP contribution in [0.25, 0.3) is 10.9 Å². The first-order valence-corrected chi connectivity index (χ1v) is 7.37. The summed E-state index contributed by atoms with van der Waals surface area (Å²) in [6.07, 6.45) is 1.06. The summed E-state index contributed by atoms with van der Waals surface area (Å²) in [6.45, 7) is 4.80. The number of nitrogens with one attached hydrogen (secondary N) is 1. The molecule has 0 saturated carbocycles. The van der Waals surface area contributed by atoms with E-state index in [2.05, 4.69) is 17.1 Å². The molecular formula is C16H20N4O. The predicted molar refractivity (Wildman–Crippen MR) is 84.6 cm³/mol. The Morgan fingerprint density at radius 3 is 2.95 bits per heavy atom. The van der Waals surface area contributed by atoms with Crippen molar-refractivity contribution in [3.63, 3.8) is 0 Å². The molecule has 1 aliphatic rings. The maximum absolute atomic E-state index is 11.8. The van der Waals surface area contributed by atoms with Crippen LogP contribution in [0, 0.1) is 0 Å². The van der Waals surface area contributed by atoms with Crippen LogP contribution in [0.1, 0.15) is 23.7 Å². The van der Waals surface area contributed by atoms with Crippen molar-refractivity contribution in [2.75, 3.05) is 24.5 Å². The van der Waals surface area contributed by atoms with Gasteiger partial charge in [-0.1, -0.05) is 18.2 Å². The Morgan fingerprint density at radius 1 is 1.48 bits per heavy atom. The predicted octanol–water partition coefficient (Wildman–Crippen LogP) is 1.52. The first-order chi connectivity index (χ1) is 10.2. The Balaban J connectivity index is 2.13. The molecule has 1 aromatic heterocycles. The van der Waals surface area contributed by atoms with Crippen LogP contribution >= 0.6 is 0 Å². The van der Waals surface area contributed by atoms with Crippen LogP contribution in [-0.2, 0) is 0 Å². The summed E-state index contributed by atoms with van der Waals surface area (Å²) in [5.74, 6) is 0.282. The fourth-order valence-corrected chi connectivity index (χ4v) is 2.99.